The third-order valence-corrected chi connectivity index (χ3v) is 5.17. The first kappa shape index (κ1) is 20.3. The average Bonchev–Trinajstić information content (AvgIpc) is 2.78. The monoisotopic (exact) mass is 425 g/mol. The molecule has 0 bridgehead atoms. The van der Waals surface area contributed by atoms with Gasteiger partial charge in [-0.2, -0.15) is 14.0 Å². The number of nitriles is 1. The summed E-state index contributed by atoms with van der Waals surface area (Å²) in [6, 6.07) is 13.1. The highest BCUT2D eigenvalue weighted by Gasteiger charge is 2.26. The first-order chi connectivity index (χ1) is 15.0. The summed E-state index contributed by atoms with van der Waals surface area (Å²) in [5.74, 6) is -0.0146. The number of halogens is 2. The van der Waals surface area contributed by atoms with Crippen LogP contribution in [0.25, 0.3) is 10.9 Å². The standard InChI is InChI=1S/C21H17F2N5O3/c22-21(23)31-15-5-6-17-16(11-15)20(14(12-24)13-25-17)27-9-7-26(8-10-27)18-3-1-2-4-19(18)28(29)30/h1-6,11,13,21H,7-10H2. The predicted molar refractivity (Wildman–Crippen MR) is 111 cm³/mol. The van der Waals surface area contributed by atoms with Crippen LogP contribution in [0, 0.1) is 21.4 Å². The zero-order chi connectivity index (χ0) is 22.0. The summed E-state index contributed by atoms with van der Waals surface area (Å²) < 4.78 is 29.8. The Morgan fingerprint density at radius 2 is 1.84 bits per heavy atom. The minimum absolute atomic E-state index is 0.0146. The minimum Gasteiger partial charge on any atom is -0.435 e. The maximum absolute atomic E-state index is 12.7. The van der Waals surface area contributed by atoms with Crippen LogP contribution in [0.4, 0.5) is 25.8 Å². The van der Waals surface area contributed by atoms with Gasteiger partial charge in [-0.15, -0.1) is 0 Å². The van der Waals surface area contributed by atoms with Crippen LogP contribution in [0.3, 0.4) is 0 Å². The molecule has 3 aromatic rings. The molecular weight excluding hydrogens is 408 g/mol. The summed E-state index contributed by atoms with van der Waals surface area (Å²) in [6.07, 6.45) is 1.46. The Bertz CT molecular complexity index is 1170. The van der Waals surface area contributed by atoms with Gasteiger partial charge < -0.3 is 14.5 Å². The fourth-order valence-electron chi connectivity index (χ4n) is 3.81. The number of para-hydroxylation sites is 2. The number of nitro benzene ring substituents is 1. The van der Waals surface area contributed by atoms with E-state index in [4.69, 9.17) is 0 Å². The van der Waals surface area contributed by atoms with Crippen molar-refractivity contribution in [3.05, 3.63) is 64.3 Å². The van der Waals surface area contributed by atoms with E-state index in [-0.39, 0.29) is 11.4 Å². The molecule has 8 nitrogen and oxygen atoms in total. The fourth-order valence-corrected chi connectivity index (χ4v) is 3.81. The Kier molecular flexibility index (Phi) is 5.49. The molecule has 0 N–H and O–H groups in total. The van der Waals surface area contributed by atoms with E-state index in [0.717, 1.165) is 0 Å². The average molecular weight is 425 g/mol. The number of hydrogen-bond donors (Lipinski definition) is 0. The number of aromatic nitrogens is 1. The number of piperazine rings is 1. The molecule has 2 aromatic carbocycles. The van der Waals surface area contributed by atoms with Crippen molar-refractivity contribution in [3.8, 4) is 11.8 Å². The largest absolute Gasteiger partial charge is 0.435 e. The molecule has 0 saturated carbocycles. The van der Waals surface area contributed by atoms with Crippen LogP contribution < -0.4 is 14.5 Å². The number of pyridine rings is 1. The number of nitrogens with zero attached hydrogens (tertiary/aromatic N) is 5. The van der Waals surface area contributed by atoms with Crippen LogP contribution in [0.2, 0.25) is 0 Å². The lowest BCUT2D eigenvalue weighted by atomic mass is 10.1. The normalized spacial score (nSPS) is 14.0. The molecule has 0 aliphatic carbocycles. The molecule has 0 unspecified atom stereocenters. The third-order valence-electron chi connectivity index (χ3n) is 5.17. The topological polar surface area (TPSA) is 95.5 Å². The van der Waals surface area contributed by atoms with Gasteiger partial charge in [-0.1, -0.05) is 12.1 Å². The van der Waals surface area contributed by atoms with Gasteiger partial charge in [-0.25, -0.2) is 0 Å². The number of anilines is 2. The van der Waals surface area contributed by atoms with Gasteiger partial charge in [-0.05, 0) is 24.3 Å². The zero-order valence-corrected chi connectivity index (χ0v) is 16.2. The van der Waals surface area contributed by atoms with E-state index in [0.29, 0.717) is 54.0 Å². The smallest absolute Gasteiger partial charge is 0.387 e. The van der Waals surface area contributed by atoms with Gasteiger partial charge in [0.2, 0.25) is 0 Å². The molecule has 10 heteroatoms. The highest BCUT2D eigenvalue weighted by Crippen LogP contribution is 2.34. The molecule has 1 aromatic heterocycles. The molecule has 0 spiro atoms. The highest BCUT2D eigenvalue weighted by molar-refractivity contribution is 5.95. The van der Waals surface area contributed by atoms with E-state index in [1.165, 1.54) is 24.4 Å². The third kappa shape index (κ3) is 4.02. The first-order valence-corrected chi connectivity index (χ1v) is 9.49. The second-order valence-electron chi connectivity index (χ2n) is 6.91. The molecule has 1 fully saturated rings. The van der Waals surface area contributed by atoms with Crippen molar-refractivity contribution in [2.75, 3.05) is 36.0 Å². The number of alkyl halides is 2. The molecule has 158 valence electrons. The second-order valence-corrected chi connectivity index (χ2v) is 6.91. The van der Waals surface area contributed by atoms with Crippen LogP contribution in [-0.2, 0) is 0 Å². The van der Waals surface area contributed by atoms with E-state index >= 15 is 0 Å². The van der Waals surface area contributed by atoms with Crippen molar-refractivity contribution >= 4 is 28.0 Å². The van der Waals surface area contributed by atoms with Gasteiger partial charge >= 0.3 is 6.61 Å². The second kappa shape index (κ2) is 8.39. The van der Waals surface area contributed by atoms with Crippen LogP contribution in [0.1, 0.15) is 5.56 Å². The van der Waals surface area contributed by atoms with E-state index < -0.39 is 11.5 Å². The summed E-state index contributed by atoms with van der Waals surface area (Å²) in [6.45, 7) is -1.00. The summed E-state index contributed by atoms with van der Waals surface area (Å²) >= 11 is 0. The maximum Gasteiger partial charge on any atom is 0.387 e. The van der Waals surface area contributed by atoms with E-state index in [9.17, 15) is 24.2 Å². The Balaban J connectivity index is 1.66. The molecule has 31 heavy (non-hydrogen) atoms. The van der Waals surface area contributed by atoms with Crippen molar-refractivity contribution in [2.45, 2.75) is 6.61 Å². The van der Waals surface area contributed by atoms with Gasteiger partial charge in [-0.3, -0.25) is 15.1 Å². The van der Waals surface area contributed by atoms with Gasteiger partial charge in [0.05, 0.1) is 21.7 Å². The van der Waals surface area contributed by atoms with E-state index in [1.54, 1.807) is 24.3 Å². The van der Waals surface area contributed by atoms with E-state index in [1.807, 2.05) is 9.80 Å². The number of benzene rings is 2. The van der Waals surface area contributed by atoms with Gasteiger partial charge in [0.1, 0.15) is 17.5 Å². The number of fused-ring (bicyclic) bond motifs is 1. The van der Waals surface area contributed by atoms with Crippen molar-refractivity contribution in [2.24, 2.45) is 0 Å². The summed E-state index contributed by atoms with van der Waals surface area (Å²) in [7, 11) is 0. The summed E-state index contributed by atoms with van der Waals surface area (Å²) in [5, 5.41) is 21.5. The lowest BCUT2D eigenvalue weighted by Crippen LogP contribution is -2.47. The molecule has 2 heterocycles. The minimum atomic E-state index is -2.96. The van der Waals surface area contributed by atoms with Gasteiger partial charge in [0.25, 0.3) is 5.69 Å². The van der Waals surface area contributed by atoms with Crippen LogP contribution in [0.15, 0.2) is 48.7 Å². The molecule has 0 amide bonds. The molecule has 1 aliphatic heterocycles. The molecule has 0 radical (unpaired) electrons. The molecule has 1 aliphatic rings. The van der Waals surface area contributed by atoms with Gasteiger partial charge in [0.15, 0.2) is 0 Å². The number of rotatable bonds is 5. The summed E-state index contributed by atoms with van der Waals surface area (Å²) in [5.41, 5.74) is 2.05. The SMILES string of the molecule is N#Cc1cnc2ccc(OC(F)F)cc2c1N1CCN(c2ccccc2[N+](=O)[O-])CC1. The lowest BCUT2D eigenvalue weighted by molar-refractivity contribution is -0.384. The number of hydrogen-bond acceptors (Lipinski definition) is 7. The molecule has 4 rings (SSSR count). The fraction of sp³-hybridized carbons (Fsp3) is 0.238. The van der Waals surface area contributed by atoms with Crippen LogP contribution in [-0.4, -0.2) is 42.7 Å². The molecule has 0 atom stereocenters. The van der Waals surface area contributed by atoms with E-state index in [2.05, 4.69) is 15.8 Å². The van der Waals surface area contributed by atoms with Crippen LogP contribution >= 0.6 is 0 Å². The number of ether oxygens (including phenoxy) is 1. The van der Waals surface area contributed by atoms with Crippen molar-refractivity contribution in [3.63, 3.8) is 0 Å². The van der Waals surface area contributed by atoms with Gasteiger partial charge in [0, 0.05) is 43.8 Å². The Labute approximate surface area is 176 Å². The highest BCUT2D eigenvalue weighted by atomic mass is 19.3. The Morgan fingerprint density at radius 3 is 2.52 bits per heavy atom. The molecular formula is C21H17F2N5O3. The number of nitro groups is 1. The zero-order valence-electron chi connectivity index (χ0n) is 16.2. The lowest BCUT2D eigenvalue weighted by Gasteiger charge is -2.37. The van der Waals surface area contributed by atoms with Crippen molar-refractivity contribution < 1.29 is 18.4 Å². The predicted octanol–water partition coefficient (Wildman–Crippen LogP) is 3.94. The molecule has 1 saturated heterocycles. The van der Waals surface area contributed by atoms with Crippen molar-refractivity contribution in [1.82, 2.24) is 4.98 Å². The Morgan fingerprint density at radius 1 is 1.13 bits per heavy atom. The first-order valence-electron chi connectivity index (χ1n) is 9.49. The van der Waals surface area contributed by atoms with Crippen molar-refractivity contribution in [1.29, 1.82) is 5.26 Å². The summed E-state index contributed by atoms with van der Waals surface area (Å²) in [4.78, 5) is 19.1. The van der Waals surface area contributed by atoms with Crippen LogP contribution in [0.5, 0.6) is 5.75 Å². The Hall–Kier alpha value is -4.00. The maximum atomic E-state index is 12.7. The quantitative estimate of drug-likeness (QED) is 0.451.